The summed E-state index contributed by atoms with van der Waals surface area (Å²) in [6, 6.07) is 18.8. The molecule has 0 atom stereocenters. The molecule has 2 heterocycles. The Labute approximate surface area is 205 Å². The molecular formula is C26H20FN3O4S. The van der Waals surface area contributed by atoms with Gasteiger partial charge >= 0.3 is 0 Å². The van der Waals surface area contributed by atoms with E-state index in [4.69, 9.17) is 9.47 Å². The number of aryl methyl sites for hydroxylation is 1. The van der Waals surface area contributed by atoms with Gasteiger partial charge in [0.05, 0.1) is 17.1 Å². The number of para-hydroxylation sites is 1. The molecule has 0 radical (unpaired) electrons. The number of nitrogens with zero attached hydrogens (tertiary/aromatic N) is 2. The third-order valence-electron chi connectivity index (χ3n) is 5.30. The Kier molecular flexibility index (Phi) is 6.24. The van der Waals surface area contributed by atoms with Gasteiger partial charge in [-0.1, -0.05) is 47.7 Å². The van der Waals surface area contributed by atoms with Crippen molar-refractivity contribution < 1.29 is 23.5 Å². The van der Waals surface area contributed by atoms with Crippen molar-refractivity contribution in [1.29, 1.82) is 0 Å². The first-order valence-electron chi connectivity index (χ1n) is 10.8. The quantitative estimate of drug-likeness (QED) is 0.512. The van der Waals surface area contributed by atoms with Crippen LogP contribution in [0.15, 0.2) is 77.4 Å². The normalized spacial score (nSPS) is 15.5. The van der Waals surface area contributed by atoms with Crippen LogP contribution in [-0.2, 0) is 9.59 Å². The van der Waals surface area contributed by atoms with Crippen LogP contribution in [0.3, 0.4) is 0 Å². The Hall–Kier alpha value is -4.11. The van der Waals surface area contributed by atoms with Crippen LogP contribution in [0, 0.1) is 12.7 Å². The molecule has 1 N–H and O–H groups in total. The molecule has 3 aromatic carbocycles. The van der Waals surface area contributed by atoms with E-state index < -0.39 is 11.7 Å². The Balaban J connectivity index is 1.39. The highest BCUT2D eigenvalue weighted by molar-refractivity contribution is 8.14. The van der Waals surface area contributed by atoms with Crippen molar-refractivity contribution >= 4 is 46.2 Å². The Morgan fingerprint density at radius 1 is 1.11 bits per heavy atom. The minimum Gasteiger partial charge on any atom is -0.454 e. The van der Waals surface area contributed by atoms with Gasteiger partial charge in [0.2, 0.25) is 12.7 Å². The van der Waals surface area contributed by atoms with Gasteiger partial charge < -0.3 is 14.8 Å². The highest BCUT2D eigenvalue weighted by Crippen LogP contribution is 2.34. The average Bonchev–Trinajstić information content (AvgIpc) is 3.44. The Bertz CT molecular complexity index is 1370. The number of ether oxygens (including phenoxy) is 2. The molecule has 176 valence electrons. The summed E-state index contributed by atoms with van der Waals surface area (Å²) in [5, 5.41) is 2.90. The third-order valence-corrected chi connectivity index (χ3v) is 6.24. The summed E-state index contributed by atoms with van der Waals surface area (Å²) in [5.41, 5.74) is 2.74. The van der Waals surface area contributed by atoms with Crippen LogP contribution in [0.4, 0.5) is 15.8 Å². The van der Waals surface area contributed by atoms with Gasteiger partial charge in [-0.05, 0) is 55.0 Å². The number of amides is 2. The average molecular weight is 490 g/mol. The number of rotatable bonds is 5. The maximum Gasteiger partial charge on any atom is 0.283 e. The number of carbonyl (C=O) groups excluding carboxylic acids is 2. The maximum atomic E-state index is 13.9. The number of carbonyl (C=O) groups is 2. The van der Waals surface area contributed by atoms with Crippen molar-refractivity contribution in [2.45, 2.75) is 6.92 Å². The van der Waals surface area contributed by atoms with Gasteiger partial charge in [-0.2, -0.15) is 0 Å². The largest absolute Gasteiger partial charge is 0.454 e. The molecule has 0 aromatic heterocycles. The summed E-state index contributed by atoms with van der Waals surface area (Å²) < 4.78 is 24.6. The van der Waals surface area contributed by atoms with E-state index in [1.54, 1.807) is 30.3 Å². The molecular weight excluding hydrogens is 469 g/mol. The third kappa shape index (κ3) is 4.90. The molecule has 0 fully saturated rings. The van der Waals surface area contributed by atoms with Gasteiger partial charge in [0, 0.05) is 0 Å². The lowest BCUT2D eigenvalue weighted by Crippen LogP contribution is -2.31. The number of thioether (sulfide) groups is 1. The molecule has 2 amide bonds. The van der Waals surface area contributed by atoms with Crippen molar-refractivity contribution in [3.05, 3.63) is 89.4 Å². The summed E-state index contributed by atoms with van der Waals surface area (Å²) >= 11 is 1.10. The number of hydrogen-bond acceptors (Lipinski definition) is 6. The van der Waals surface area contributed by atoms with Crippen LogP contribution in [-0.4, -0.2) is 29.5 Å². The lowest BCUT2D eigenvalue weighted by Gasteiger charge is -2.18. The number of anilines is 2. The van der Waals surface area contributed by atoms with E-state index in [0.29, 0.717) is 22.4 Å². The topological polar surface area (TPSA) is 80.2 Å². The predicted octanol–water partition coefficient (Wildman–Crippen LogP) is 4.98. The molecule has 0 spiro atoms. The number of aliphatic imine (C=N–C) groups is 1. The molecule has 2 aliphatic rings. The van der Waals surface area contributed by atoms with Crippen LogP contribution < -0.4 is 19.7 Å². The van der Waals surface area contributed by atoms with Gasteiger partial charge in [0.15, 0.2) is 16.7 Å². The molecule has 3 aromatic rings. The van der Waals surface area contributed by atoms with Crippen molar-refractivity contribution in [2.75, 3.05) is 22.8 Å². The fourth-order valence-corrected chi connectivity index (χ4v) is 4.37. The zero-order valence-corrected chi connectivity index (χ0v) is 19.5. The Morgan fingerprint density at radius 3 is 2.69 bits per heavy atom. The van der Waals surface area contributed by atoms with Crippen LogP contribution in [0.1, 0.15) is 11.1 Å². The van der Waals surface area contributed by atoms with E-state index in [1.807, 2.05) is 37.3 Å². The van der Waals surface area contributed by atoms with E-state index in [-0.39, 0.29) is 29.8 Å². The van der Waals surface area contributed by atoms with Gasteiger partial charge in [-0.3, -0.25) is 14.5 Å². The number of fused-ring (bicyclic) bond motifs is 1. The second-order valence-corrected chi connectivity index (χ2v) is 8.77. The summed E-state index contributed by atoms with van der Waals surface area (Å²) in [4.78, 5) is 31.8. The summed E-state index contributed by atoms with van der Waals surface area (Å²) in [7, 11) is 0. The lowest BCUT2D eigenvalue weighted by molar-refractivity contribution is -0.114. The molecule has 9 heteroatoms. The molecule has 0 aliphatic carbocycles. The number of hydrogen-bond donors (Lipinski definition) is 1. The minimum absolute atomic E-state index is 0.0554. The van der Waals surface area contributed by atoms with E-state index in [2.05, 4.69) is 10.3 Å². The fraction of sp³-hybridized carbons (Fsp3) is 0.115. The summed E-state index contributed by atoms with van der Waals surface area (Å²) in [6.07, 6.45) is 1.67. The molecule has 0 unspecified atom stereocenters. The predicted molar refractivity (Wildman–Crippen MR) is 134 cm³/mol. The highest BCUT2D eigenvalue weighted by atomic mass is 32.2. The highest BCUT2D eigenvalue weighted by Gasteiger charge is 2.32. The van der Waals surface area contributed by atoms with Crippen LogP contribution >= 0.6 is 11.8 Å². The molecule has 7 nitrogen and oxygen atoms in total. The molecule has 0 bridgehead atoms. The SMILES string of the molecule is Cc1ccc(N2C(=O)/C(=C\c3ccc4c(c3)OCO4)N=C2SCC(=O)Nc2ccccc2F)cc1. The van der Waals surface area contributed by atoms with Crippen LogP contribution in [0.2, 0.25) is 0 Å². The smallest absolute Gasteiger partial charge is 0.283 e. The van der Waals surface area contributed by atoms with Crippen molar-refractivity contribution in [1.82, 2.24) is 0 Å². The zero-order valence-electron chi connectivity index (χ0n) is 18.7. The molecule has 5 rings (SSSR count). The standard InChI is InChI=1S/C26H20FN3O4S/c1-16-6-9-18(10-7-16)30-25(32)21(12-17-8-11-22-23(13-17)34-15-33-22)29-26(30)35-14-24(31)28-20-5-3-2-4-19(20)27/h2-13H,14-15H2,1H3,(H,28,31)/b21-12+. The minimum atomic E-state index is -0.519. The van der Waals surface area contributed by atoms with Gasteiger partial charge in [0.1, 0.15) is 11.5 Å². The second-order valence-electron chi connectivity index (χ2n) is 7.83. The number of benzene rings is 3. The molecule has 0 saturated carbocycles. The molecule has 2 aliphatic heterocycles. The molecule has 35 heavy (non-hydrogen) atoms. The summed E-state index contributed by atoms with van der Waals surface area (Å²) in [6.45, 7) is 2.11. The van der Waals surface area contributed by atoms with Crippen molar-refractivity contribution in [2.24, 2.45) is 4.99 Å². The van der Waals surface area contributed by atoms with Gasteiger partial charge in [0.25, 0.3) is 5.91 Å². The first kappa shape index (κ1) is 22.7. The monoisotopic (exact) mass is 489 g/mol. The first-order valence-corrected chi connectivity index (χ1v) is 11.7. The second kappa shape index (κ2) is 9.63. The summed E-state index contributed by atoms with van der Waals surface area (Å²) in [5.74, 6) is -0.0548. The van der Waals surface area contributed by atoms with E-state index in [0.717, 1.165) is 22.9 Å². The van der Waals surface area contributed by atoms with E-state index in [1.165, 1.54) is 17.0 Å². The lowest BCUT2D eigenvalue weighted by atomic mass is 10.1. The zero-order chi connectivity index (χ0) is 24.4. The Morgan fingerprint density at radius 2 is 1.89 bits per heavy atom. The molecule has 0 saturated heterocycles. The van der Waals surface area contributed by atoms with E-state index in [9.17, 15) is 14.0 Å². The number of halogens is 1. The van der Waals surface area contributed by atoms with Gasteiger partial charge in [-0.15, -0.1) is 0 Å². The number of nitrogens with one attached hydrogen (secondary N) is 1. The van der Waals surface area contributed by atoms with E-state index >= 15 is 0 Å². The first-order chi connectivity index (χ1) is 17.0. The van der Waals surface area contributed by atoms with Crippen LogP contribution in [0.5, 0.6) is 11.5 Å². The fourth-order valence-electron chi connectivity index (χ4n) is 3.55. The van der Waals surface area contributed by atoms with Crippen molar-refractivity contribution in [3.8, 4) is 11.5 Å². The van der Waals surface area contributed by atoms with Crippen LogP contribution in [0.25, 0.3) is 6.08 Å². The van der Waals surface area contributed by atoms with Gasteiger partial charge in [-0.25, -0.2) is 9.38 Å². The van der Waals surface area contributed by atoms with Crippen molar-refractivity contribution in [3.63, 3.8) is 0 Å². The maximum absolute atomic E-state index is 13.9. The number of amidine groups is 1.